The molecular weight excluding hydrogens is 311 g/mol. The monoisotopic (exact) mass is 325 g/mol. The highest BCUT2D eigenvalue weighted by Crippen LogP contribution is 2.29. The third-order valence-electron chi connectivity index (χ3n) is 2.35. The van der Waals surface area contributed by atoms with Crippen molar-refractivity contribution in [2.75, 3.05) is 0 Å². The Morgan fingerprint density at radius 3 is 2.38 bits per heavy atom. The Hall–Kier alpha value is -1.50. The summed E-state index contributed by atoms with van der Waals surface area (Å²) in [6.45, 7) is 4.76. The van der Waals surface area contributed by atoms with Crippen molar-refractivity contribution in [2.45, 2.75) is 45.5 Å². The molecule has 0 aromatic carbocycles. The quantitative estimate of drug-likeness (QED) is 0.801. The third-order valence-corrected chi connectivity index (χ3v) is 2.62. The average molecular weight is 326 g/mol. The molecule has 0 unspecified atom stereocenters. The van der Waals surface area contributed by atoms with Gasteiger partial charge in [0.25, 0.3) is 5.56 Å². The zero-order chi connectivity index (χ0) is 16.4. The summed E-state index contributed by atoms with van der Waals surface area (Å²) in [5.41, 5.74) is -2.53. The van der Waals surface area contributed by atoms with E-state index in [0.717, 1.165) is 4.57 Å². The molecule has 0 bridgehead atoms. The molecule has 0 spiro atoms. The van der Waals surface area contributed by atoms with E-state index < -0.39 is 33.9 Å². The summed E-state index contributed by atoms with van der Waals surface area (Å²) in [7, 11) is 0. The van der Waals surface area contributed by atoms with Crippen LogP contribution >= 0.6 is 11.6 Å². The fourth-order valence-electron chi connectivity index (χ4n) is 1.52. The van der Waals surface area contributed by atoms with Crippen molar-refractivity contribution in [1.82, 2.24) is 4.57 Å². The van der Waals surface area contributed by atoms with Crippen molar-refractivity contribution in [3.8, 4) is 0 Å². The summed E-state index contributed by atoms with van der Waals surface area (Å²) in [4.78, 5) is 23.2. The molecule has 0 aliphatic rings. The molecule has 1 aromatic rings. The maximum Gasteiger partial charge on any atom is 0.417 e. The van der Waals surface area contributed by atoms with Crippen LogP contribution < -0.4 is 5.56 Å². The van der Waals surface area contributed by atoms with E-state index in [1.807, 2.05) is 0 Å². The van der Waals surface area contributed by atoms with Crippen LogP contribution in [-0.2, 0) is 22.3 Å². The maximum absolute atomic E-state index is 12.6. The molecule has 1 heterocycles. The van der Waals surface area contributed by atoms with Gasteiger partial charge >= 0.3 is 12.1 Å². The second kappa shape index (κ2) is 6.09. The molecule has 0 atom stereocenters. The number of carbonyl (C=O) groups is 1. The van der Waals surface area contributed by atoms with Crippen LogP contribution in [0.15, 0.2) is 17.1 Å². The lowest BCUT2D eigenvalue weighted by Gasteiger charge is -2.19. The molecule has 0 aliphatic heterocycles. The molecule has 0 saturated carbocycles. The van der Waals surface area contributed by atoms with E-state index in [4.69, 9.17) is 16.3 Å². The molecule has 0 fully saturated rings. The first kappa shape index (κ1) is 17.6. The van der Waals surface area contributed by atoms with Gasteiger partial charge < -0.3 is 9.30 Å². The zero-order valence-electron chi connectivity index (χ0n) is 11.8. The molecule has 1 rings (SSSR count). The van der Waals surface area contributed by atoms with Gasteiger partial charge in [0.05, 0.1) is 12.0 Å². The Kier molecular flexibility index (Phi) is 5.09. The lowest BCUT2D eigenvalue weighted by atomic mass is 10.2. The predicted molar refractivity (Wildman–Crippen MR) is 71.2 cm³/mol. The number of esters is 1. The molecule has 0 saturated heterocycles. The zero-order valence-corrected chi connectivity index (χ0v) is 12.5. The Balaban J connectivity index is 2.92. The summed E-state index contributed by atoms with van der Waals surface area (Å²) in [6.07, 6.45) is -4.21. The van der Waals surface area contributed by atoms with Crippen molar-refractivity contribution in [2.24, 2.45) is 0 Å². The molecule has 4 nitrogen and oxygen atoms in total. The number of carbonyl (C=O) groups excluding carboxylic acids is 1. The van der Waals surface area contributed by atoms with Crippen LogP contribution in [-0.4, -0.2) is 16.1 Å². The van der Waals surface area contributed by atoms with Crippen molar-refractivity contribution < 1.29 is 22.7 Å². The first-order chi connectivity index (χ1) is 9.40. The van der Waals surface area contributed by atoms with E-state index in [2.05, 4.69) is 0 Å². The molecule has 0 aliphatic carbocycles. The Bertz CT molecular complexity index is 588. The minimum Gasteiger partial charge on any atom is -0.460 e. The largest absolute Gasteiger partial charge is 0.460 e. The van der Waals surface area contributed by atoms with Crippen LogP contribution in [0.4, 0.5) is 13.2 Å². The number of halogens is 4. The maximum atomic E-state index is 12.6. The topological polar surface area (TPSA) is 48.3 Å². The number of hydrogen-bond acceptors (Lipinski definition) is 3. The van der Waals surface area contributed by atoms with Crippen LogP contribution in [0.25, 0.3) is 0 Å². The summed E-state index contributed by atoms with van der Waals surface area (Å²) in [6, 6.07) is 0.563. The molecule has 0 N–H and O–H groups in total. The number of alkyl halides is 3. The highest BCUT2D eigenvalue weighted by molar-refractivity contribution is 6.30. The fourth-order valence-corrected chi connectivity index (χ4v) is 1.75. The fraction of sp³-hybridized carbons (Fsp3) is 0.538. The summed E-state index contributed by atoms with van der Waals surface area (Å²) < 4.78 is 43.7. The van der Waals surface area contributed by atoms with Crippen LogP contribution in [0.5, 0.6) is 0 Å². The SMILES string of the molecule is CC(C)(C)OC(=O)CCn1cc(C(F)(F)F)cc(Cl)c1=O. The Morgan fingerprint density at radius 2 is 1.90 bits per heavy atom. The average Bonchev–Trinajstić information content (AvgIpc) is 2.27. The van der Waals surface area contributed by atoms with Crippen LogP contribution in [0, 0.1) is 0 Å². The number of rotatable bonds is 3. The van der Waals surface area contributed by atoms with E-state index in [-0.39, 0.29) is 13.0 Å². The number of aryl methyl sites for hydroxylation is 1. The van der Waals surface area contributed by atoms with E-state index in [0.29, 0.717) is 12.3 Å². The van der Waals surface area contributed by atoms with Gasteiger partial charge in [0.15, 0.2) is 0 Å². The van der Waals surface area contributed by atoms with Gasteiger partial charge in [-0.05, 0) is 26.8 Å². The third kappa shape index (κ3) is 5.41. The second-order valence-corrected chi connectivity index (χ2v) is 5.82. The standard InChI is InChI=1S/C13H15ClF3NO3/c1-12(2,3)21-10(19)4-5-18-7-8(13(15,16)17)6-9(14)11(18)20/h6-7H,4-5H2,1-3H3. The van der Waals surface area contributed by atoms with E-state index in [1.54, 1.807) is 20.8 Å². The van der Waals surface area contributed by atoms with Crippen LogP contribution in [0.3, 0.4) is 0 Å². The molecule has 21 heavy (non-hydrogen) atoms. The van der Waals surface area contributed by atoms with Crippen LogP contribution in [0.2, 0.25) is 5.02 Å². The minimum absolute atomic E-state index is 0.227. The summed E-state index contributed by atoms with van der Waals surface area (Å²) in [5.74, 6) is -0.608. The first-order valence-electron chi connectivity index (χ1n) is 6.09. The van der Waals surface area contributed by atoms with E-state index >= 15 is 0 Å². The van der Waals surface area contributed by atoms with Gasteiger partial charge in [-0.2, -0.15) is 13.2 Å². The molecule has 118 valence electrons. The smallest absolute Gasteiger partial charge is 0.417 e. The minimum atomic E-state index is -4.62. The van der Waals surface area contributed by atoms with Gasteiger partial charge in [0, 0.05) is 12.7 Å². The Labute approximate surface area is 124 Å². The number of aromatic nitrogens is 1. The lowest BCUT2D eigenvalue weighted by molar-refractivity contribution is -0.155. The molecule has 0 radical (unpaired) electrons. The summed E-state index contributed by atoms with van der Waals surface area (Å²) >= 11 is 5.50. The first-order valence-corrected chi connectivity index (χ1v) is 6.47. The number of nitrogens with zero attached hydrogens (tertiary/aromatic N) is 1. The number of ether oxygens (including phenoxy) is 1. The van der Waals surface area contributed by atoms with Crippen molar-refractivity contribution in [3.63, 3.8) is 0 Å². The van der Waals surface area contributed by atoms with E-state index in [9.17, 15) is 22.8 Å². The highest BCUT2D eigenvalue weighted by Gasteiger charge is 2.32. The van der Waals surface area contributed by atoms with Gasteiger partial charge in [-0.25, -0.2) is 0 Å². The lowest BCUT2D eigenvalue weighted by Crippen LogP contribution is -2.27. The number of pyridine rings is 1. The van der Waals surface area contributed by atoms with Crippen molar-refractivity contribution >= 4 is 17.6 Å². The van der Waals surface area contributed by atoms with Gasteiger partial charge in [-0.15, -0.1) is 0 Å². The molecular formula is C13H15ClF3NO3. The van der Waals surface area contributed by atoms with Crippen molar-refractivity contribution in [1.29, 1.82) is 0 Å². The van der Waals surface area contributed by atoms with Crippen LogP contribution in [0.1, 0.15) is 32.8 Å². The molecule has 8 heteroatoms. The second-order valence-electron chi connectivity index (χ2n) is 5.41. The molecule has 0 amide bonds. The summed E-state index contributed by atoms with van der Waals surface area (Å²) in [5, 5.41) is -0.547. The predicted octanol–water partition coefficient (Wildman–Crippen LogP) is 3.25. The van der Waals surface area contributed by atoms with Gasteiger partial charge in [0.2, 0.25) is 0 Å². The van der Waals surface area contributed by atoms with Crippen molar-refractivity contribution in [3.05, 3.63) is 33.2 Å². The van der Waals surface area contributed by atoms with Gasteiger partial charge in [-0.3, -0.25) is 9.59 Å². The highest BCUT2D eigenvalue weighted by atomic mass is 35.5. The van der Waals surface area contributed by atoms with Gasteiger partial charge in [0.1, 0.15) is 10.6 Å². The number of hydrogen-bond donors (Lipinski definition) is 0. The Morgan fingerprint density at radius 1 is 1.33 bits per heavy atom. The normalized spacial score (nSPS) is 12.3. The molecule has 1 aromatic heterocycles. The van der Waals surface area contributed by atoms with E-state index in [1.165, 1.54) is 0 Å². The van der Waals surface area contributed by atoms with Gasteiger partial charge in [-0.1, -0.05) is 11.6 Å².